The molecule has 0 spiro atoms. The Balaban J connectivity index is 2.34. The number of hydrazone groups is 1. The molecule has 3 heteroatoms. The molecule has 0 atom stereocenters. The maximum Gasteiger partial charge on any atom is 0.0906 e. The van der Waals surface area contributed by atoms with Gasteiger partial charge < -0.3 is 4.90 Å². The van der Waals surface area contributed by atoms with Gasteiger partial charge in [-0.15, -0.1) is 0 Å². The van der Waals surface area contributed by atoms with Crippen LogP contribution >= 0.6 is 0 Å². The third-order valence-electron chi connectivity index (χ3n) is 3.65. The SMILES string of the molecule is C=C1C=CC(c2ccc(N(C(C)C)C(C)C)c(C)c2)=NN1. The van der Waals surface area contributed by atoms with Crippen LogP contribution in [0.2, 0.25) is 0 Å². The Bertz CT molecular complexity index is 586. The molecule has 1 N–H and O–H groups in total. The third-order valence-corrected chi connectivity index (χ3v) is 3.65. The monoisotopic (exact) mass is 283 g/mol. The van der Waals surface area contributed by atoms with Crippen molar-refractivity contribution in [3.63, 3.8) is 0 Å². The lowest BCUT2D eigenvalue weighted by molar-refractivity contribution is 0.606. The van der Waals surface area contributed by atoms with E-state index < -0.39 is 0 Å². The van der Waals surface area contributed by atoms with E-state index in [1.807, 2.05) is 12.2 Å². The average Bonchev–Trinajstić information content (AvgIpc) is 2.41. The van der Waals surface area contributed by atoms with E-state index in [1.165, 1.54) is 11.3 Å². The van der Waals surface area contributed by atoms with Crippen molar-refractivity contribution in [1.82, 2.24) is 5.43 Å². The van der Waals surface area contributed by atoms with Crippen LogP contribution in [-0.4, -0.2) is 17.8 Å². The minimum atomic E-state index is 0.478. The van der Waals surface area contributed by atoms with Crippen molar-refractivity contribution >= 4 is 11.4 Å². The predicted octanol–water partition coefficient (Wildman–Crippen LogP) is 4.00. The molecule has 0 aromatic heterocycles. The summed E-state index contributed by atoms with van der Waals surface area (Å²) in [5.74, 6) is 0. The highest BCUT2D eigenvalue weighted by molar-refractivity contribution is 6.09. The molecular formula is C18H25N3. The zero-order chi connectivity index (χ0) is 15.6. The van der Waals surface area contributed by atoms with Gasteiger partial charge in [-0.25, -0.2) is 0 Å². The molecule has 0 saturated carbocycles. The van der Waals surface area contributed by atoms with Gasteiger partial charge in [0.05, 0.1) is 5.71 Å². The Labute approximate surface area is 128 Å². The quantitative estimate of drug-likeness (QED) is 0.904. The van der Waals surface area contributed by atoms with E-state index in [0.717, 1.165) is 17.0 Å². The lowest BCUT2D eigenvalue weighted by Gasteiger charge is -2.34. The van der Waals surface area contributed by atoms with Gasteiger partial charge in [-0.1, -0.05) is 12.6 Å². The molecule has 0 fully saturated rings. The standard InChI is InChI=1S/C18H25N3/c1-12(2)21(13(3)4)18-10-8-16(11-14(18)5)17-9-7-15(6)19-20-17/h7-13,19H,6H2,1-5H3. The zero-order valence-corrected chi connectivity index (χ0v) is 13.6. The Morgan fingerprint density at radius 3 is 2.24 bits per heavy atom. The molecule has 0 bridgehead atoms. The summed E-state index contributed by atoms with van der Waals surface area (Å²) in [6, 6.07) is 7.49. The first kappa shape index (κ1) is 15.4. The number of nitrogens with zero attached hydrogens (tertiary/aromatic N) is 2. The van der Waals surface area contributed by atoms with E-state index in [4.69, 9.17) is 0 Å². The van der Waals surface area contributed by atoms with Crippen LogP contribution in [0.3, 0.4) is 0 Å². The van der Waals surface area contributed by atoms with Crippen molar-refractivity contribution in [1.29, 1.82) is 0 Å². The number of allylic oxidation sites excluding steroid dienone is 2. The Morgan fingerprint density at radius 1 is 1.10 bits per heavy atom. The number of hydrogen-bond acceptors (Lipinski definition) is 3. The molecule has 0 radical (unpaired) electrons. The first-order chi connectivity index (χ1) is 9.90. The fourth-order valence-corrected chi connectivity index (χ4v) is 2.80. The van der Waals surface area contributed by atoms with Gasteiger partial charge in [0.15, 0.2) is 0 Å². The second-order valence-electron chi connectivity index (χ2n) is 6.06. The van der Waals surface area contributed by atoms with Crippen molar-refractivity contribution in [2.24, 2.45) is 5.10 Å². The molecule has 0 unspecified atom stereocenters. The minimum Gasteiger partial charge on any atom is -0.366 e. The number of hydrogen-bond donors (Lipinski definition) is 1. The maximum atomic E-state index is 4.33. The molecule has 1 aliphatic rings. The third kappa shape index (κ3) is 3.35. The number of nitrogens with one attached hydrogen (secondary N) is 1. The van der Waals surface area contributed by atoms with Crippen LogP contribution in [0.1, 0.15) is 38.8 Å². The molecule has 1 aromatic rings. The van der Waals surface area contributed by atoms with Gasteiger partial charge >= 0.3 is 0 Å². The van der Waals surface area contributed by atoms with Crippen LogP contribution in [0.4, 0.5) is 5.69 Å². The summed E-state index contributed by atoms with van der Waals surface area (Å²) in [6.45, 7) is 14.9. The van der Waals surface area contributed by atoms with Crippen LogP contribution in [0, 0.1) is 6.92 Å². The van der Waals surface area contributed by atoms with E-state index >= 15 is 0 Å². The van der Waals surface area contributed by atoms with Gasteiger partial charge in [0.1, 0.15) is 0 Å². The molecule has 0 aliphatic carbocycles. The number of aryl methyl sites for hydroxylation is 1. The lowest BCUT2D eigenvalue weighted by Crippen LogP contribution is -2.37. The summed E-state index contributed by atoms with van der Waals surface area (Å²) < 4.78 is 0. The average molecular weight is 283 g/mol. The predicted molar refractivity (Wildman–Crippen MR) is 91.9 cm³/mol. The largest absolute Gasteiger partial charge is 0.366 e. The molecule has 3 nitrogen and oxygen atoms in total. The summed E-state index contributed by atoms with van der Waals surface area (Å²) in [6.07, 6.45) is 3.94. The second-order valence-corrected chi connectivity index (χ2v) is 6.06. The Morgan fingerprint density at radius 2 is 1.76 bits per heavy atom. The maximum absolute atomic E-state index is 4.33. The van der Waals surface area contributed by atoms with Gasteiger partial charge in [-0.05, 0) is 64.5 Å². The highest BCUT2D eigenvalue weighted by atomic mass is 15.3. The molecule has 2 rings (SSSR count). The van der Waals surface area contributed by atoms with Gasteiger partial charge in [-0.3, -0.25) is 5.43 Å². The highest BCUT2D eigenvalue weighted by Crippen LogP contribution is 2.26. The molecule has 1 aliphatic heterocycles. The van der Waals surface area contributed by atoms with E-state index in [-0.39, 0.29) is 0 Å². The van der Waals surface area contributed by atoms with Crippen LogP contribution < -0.4 is 10.3 Å². The fourth-order valence-electron chi connectivity index (χ4n) is 2.80. The summed E-state index contributed by atoms with van der Waals surface area (Å²) >= 11 is 0. The van der Waals surface area contributed by atoms with E-state index in [2.05, 4.69) is 74.8 Å². The summed E-state index contributed by atoms with van der Waals surface area (Å²) in [5, 5.41) is 4.33. The van der Waals surface area contributed by atoms with Crippen molar-refractivity contribution in [2.75, 3.05) is 4.90 Å². The number of rotatable bonds is 4. The normalized spacial score (nSPS) is 14.4. The molecule has 0 amide bonds. The summed E-state index contributed by atoms with van der Waals surface area (Å²) in [4.78, 5) is 2.44. The summed E-state index contributed by atoms with van der Waals surface area (Å²) in [7, 11) is 0. The summed E-state index contributed by atoms with van der Waals surface area (Å²) in [5.41, 5.74) is 8.37. The lowest BCUT2D eigenvalue weighted by atomic mass is 10.0. The van der Waals surface area contributed by atoms with Crippen molar-refractivity contribution in [3.8, 4) is 0 Å². The number of anilines is 1. The molecule has 1 aromatic carbocycles. The van der Waals surface area contributed by atoms with Crippen molar-refractivity contribution in [2.45, 2.75) is 46.7 Å². The van der Waals surface area contributed by atoms with Gasteiger partial charge in [0.2, 0.25) is 0 Å². The van der Waals surface area contributed by atoms with Crippen LogP contribution in [0.5, 0.6) is 0 Å². The Hall–Kier alpha value is -2.03. The molecule has 1 heterocycles. The molecular weight excluding hydrogens is 258 g/mol. The van der Waals surface area contributed by atoms with Crippen LogP contribution in [0.25, 0.3) is 0 Å². The molecule has 0 saturated heterocycles. The molecule has 112 valence electrons. The number of benzene rings is 1. The van der Waals surface area contributed by atoms with Gasteiger partial charge in [-0.2, -0.15) is 5.10 Å². The smallest absolute Gasteiger partial charge is 0.0906 e. The van der Waals surface area contributed by atoms with Crippen LogP contribution in [-0.2, 0) is 0 Å². The van der Waals surface area contributed by atoms with E-state index in [9.17, 15) is 0 Å². The Kier molecular flexibility index (Phi) is 4.51. The first-order valence-electron chi connectivity index (χ1n) is 7.50. The van der Waals surface area contributed by atoms with Crippen LogP contribution in [0.15, 0.2) is 47.7 Å². The topological polar surface area (TPSA) is 27.6 Å². The first-order valence-corrected chi connectivity index (χ1v) is 7.50. The van der Waals surface area contributed by atoms with Crippen molar-refractivity contribution in [3.05, 3.63) is 53.8 Å². The van der Waals surface area contributed by atoms with Gasteiger partial charge in [0, 0.05) is 29.0 Å². The zero-order valence-electron chi connectivity index (χ0n) is 13.6. The van der Waals surface area contributed by atoms with E-state index in [0.29, 0.717) is 12.1 Å². The van der Waals surface area contributed by atoms with Crippen molar-refractivity contribution < 1.29 is 0 Å². The fraction of sp³-hybridized carbons (Fsp3) is 0.389. The highest BCUT2D eigenvalue weighted by Gasteiger charge is 2.17. The van der Waals surface area contributed by atoms with E-state index in [1.54, 1.807) is 0 Å². The van der Waals surface area contributed by atoms with Gasteiger partial charge in [0.25, 0.3) is 0 Å². The minimum absolute atomic E-state index is 0.478. The molecule has 21 heavy (non-hydrogen) atoms. The second kappa shape index (κ2) is 6.17.